The van der Waals surface area contributed by atoms with Crippen molar-refractivity contribution in [1.29, 1.82) is 0 Å². The quantitative estimate of drug-likeness (QED) is 0.185. The van der Waals surface area contributed by atoms with Crippen molar-refractivity contribution in [2.45, 2.75) is 6.54 Å². The maximum Gasteiger partial charge on any atom is 0.269 e. The number of non-ortho nitro benzene ring substituents is 1. The fourth-order valence-electron chi connectivity index (χ4n) is 3.93. The van der Waals surface area contributed by atoms with Gasteiger partial charge in [-0.05, 0) is 59.3 Å². The first-order chi connectivity index (χ1) is 17.6. The van der Waals surface area contributed by atoms with E-state index in [1.54, 1.807) is 41.3 Å². The second kappa shape index (κ2) is 10.1. The number of nitro groups is 1. The van der Waals surface area contributed by atoms with Crippen LogP contribution >= 0.6 is 0 Å². The van der Waals surface area contributed by atoms with Gasteiger partial charge in [0.2, 0.25) is 0 Å². The number of hydrogen-bond donors (Lipinski definition) is 0. The summed E-state index contributed by atoms with van der Waals surface area (Å²) in [7, 11) is 0. The average molecular weight is 479 g/mol. The Kier molecular flexibility index (Phi) is 6.44. The molecule has 0 N–H and O–H groups in total. The van der Waals surface area contributed by atoms with Crippen molar-refractivity contribution in [3.05, 3.63) is 125 Å². The van der Waals surface area contributed by atoms with Gasteiger partial charge in [0.15, 0.2) is 6.61 Å². The first-order valence-electron chi connectivity index (χ1n) is 11.4. The van der Waals surface area contributed by atoms with E-state index < -0.39 is 4.92 Å². The molecule has 1 aromatic heterocycles. The highest BCUT2D eigenvalue weighted by atomic mass is 16.6. The van der Waals surface area contributed by atoms with Gasteiger partial charge in [0.25, 0.3) is 11.6 Å². The lowest BCUT2D eigenvalue weighted by Gasteiger charge is -2.22. The zero-order valence-electron chi connectivity index (χ0n) is 19.2. The molecule has 0 aliphatic rings. The summed E-state index contributed by atoms with van der Waals surface area (Å²) >= 11 is 0. The molecule has 0 aliphatic heterocycles. The van der Waals surface area contributed by atoms with Gasteiger partial charge in [-0.15, -0.1) is 0 Å². The molecule has 4 aromatic carbocycles. The minimum Gasteiger partial charge on any atom is -0.484 e. The molecule has 178 valence electrons. The van der Waals surface area contributed by atoms with Crippen LogP contribution in [-0.2, 0) is 11.3 Å². The van der Waals surface area contributed by atoms with Gasteiger partial charge in [-0.25, -0.2) is 0 Å². The molecular weight excluding hydrogens is 456 g/mol. The molecule has 1 amide bonds. The van der Waals surface area contributed by atoms with Crippen molar-refractivity contribution in [1.82, 2.24) is 0 Å². The fourth-order valence-corrected chi connectivity index (χ4v) is 3.93. The zero-order chi connectivity index (χ0) is 24.9. The van der Waals surface area contributed by atoms with Gasteiger partial charge in [0.05, 0.1) is 11.5 Å². The number of benzene rings is 4. The molecule has 0 spiro atoms. The molecule has 0 bridgehead atoms. The Bertz CT molecular complexity index is 1510. The van der Waals surface area contributed by atoms with Crippen LogP contribution in [0.25, 0.3) is 22.1 Å². The number of rotatable bonds is 8. The van der Waals surface area contributed by atoms with Gasteiger partial charge >= 0.3 is 0 Å². The molecule has 0 saturated carbocycles. The van der Waals surface area contributed by atoms with E-state index in [4.69, 9.17) is 9.15 Å². The molecule has 0 radical (unpaired) electrons. The number of hydrogen-bond acceptors (Lipinski definition) is 5. The molecule has 0 atom stereocenters. The van der Waals surface area contributed by atoms with Gasteiger partial charge in [-0.1, -0.05) is 48.5 Å². The Morgan fingerprint density at radius 3 is 2.31 bits per heavy atom. The first kappa shape index (κ1) is 22.9. The van der Waals surface area contributed by atoms with Crippen molar-refractivity contribution in [3.63, 3.8) is 0 Å². The van der Waals surface area contributed by atoms with Crippen LogP contribution in [0.5, 0.6) is 5.75 Å². The number of anilines is 1. The van der Waals surface area contributed by atoms with E-state index >= 15 is 0 Å². The predicted octanol–water partition coefficient (Wildman–Crippen LogP) is 6.62. The third kappa shape index (κ3) is 5.10. The van der Waals surface area contributed by atoms with Crippen LogP contribution in [0.15, 0.2) is 114 Å². The maximum absolute atomic E-state index is 13.3. The van der Waals surface area contributed by atoms with Crippen LogP contribution in [0.1, 0.15) is 5.76 Å². The molecule has 36 heavy (non-hydrogen) atoms. The SMILES string of the molecule is O=C(COc1ccccc1)N(Cc1ccc(-c2ccc([N+](=O)[O-])cc2)o1)c1ccc2ccccc2c1. The standard InChI is InChI=1S/C29H22N2O5/c32-29(20-35-26-8-2-1-3-9-26)30(25-15-10-21-6-4-5-7-23(21)18-25)19-27-16-17-28(36-27)22-11-13-24(14-12-22)31(33)34/h1-18H,19-20H2. The lowest BCUT2D eigenvalue weighted by Crippen LogP contribution is -2.34. The average Bonchev–Trinajstić information content (AvgIpc) is 3.39. The van der Waals surface area contributed by atoms with Gasteiger partial charge in [0.1, 0.15) is 17.3 Å². The van der Waals surface area contributed by atoms with E-state index in [1.165, 1.54) is 12.1 Å². The topological polar surface area (TPSA) is 85.8 Å². The van der Waals surface area contributed by atoms with Gasteiger partial charge in [-0.3, -0.25) is 14.9 Å². The number of carbonyl (C=O) groups is 1. The highest BCUT2D eigenvalue weighted by Gasteiger charge is 2.20. The number of amides is 1. The van der Waals surface area contributed by atoms with Crippen molar-refractivity contribution in [3.8, 4) is 17.1 Å². The molecule has 0 aliphatic carbocycles. The van der Waals surface area contributed by atoms with E-state index in [0.29, 0.717) is 22.8 Å². The Hall–Kier alpha value is -4.91. The van der Waals surface area contributed by atoms with Crippen LogP contribution in [0.2, 0.25) is 0 Å². The van der Waals surface area contributed by atoms with Crippen molar-refractivity contribution >= 4 is 28.1 Å². The minimum absolute atomic E-state index is 0.0111. The lowest BCUT2D eigenvalue weighted by atomic mass is 10.1. The number of fused-ring (bicyclic) bond motifs is 1. The predicted molar refractivity (Wildman–Crippen MR) is 138 cm³/mol. The van der Waals surface area contributed by atoms with Crippen LogP contribution in [0, 0.1) is 10.1 Å². The van der Waals surface area contributed by atoms with Crippen molar-refractivity contribution < 1.29 is 18.9 Å². The minimum atomic E-state index is -0.443. The Balaban J connectivity index is 1.41. The molecule has 1 heterocycles. The second-order valence-corrected chi connectivity index (χ2v) is 8.18. The van der Waals surface area contributed by atoms with Crippen LogP contribution in [0.3, 0.4) is 0 Å². The molecule has 0 saturated heterocycles. The second-order valence-electron chi connectivity index (χ2n) is 8.18. The van der Waals surface area contributed by atoms with E-state index in [1.807, 2.05) is 60.7 Å². The summed E-state index contributed by atoms with van der Waals surface area (Å²) in [5.74, 6) is 1.53. The number of furan rings is 1. The molecule has 0 fully saturated rings. The summed E-state index contributed by atoms with van der Waals surface area (Å²) < 4.78 is 11.7. The molecule has 0 unspecified atom stereocenters. The summed E-state index contributed by atoms with van der Waals surface area (Å²) in [6.07, 6.45) is 0. The first-order valence-corrected chi connectivity index (χ1v) is 11.4. The highest BCUT2D eigenvalue weighted by molar-refractivity contribution is 5.97. The van der Waals surface area contributed by atoms with E-state index in [2.05, 4.69) is 0 Å². The fraction of sp³-hybridized carbons (Fsp3) is 0.0690. The maximum atomic E-state index is 13.3. The number of carbonyl (C=O) groups excluding carboxylic acids is 1. The summed E-state index contributed by atoms with van der Waals surface area (Å²) in [6.45, 7) is 0.0645. The Morgan fingerprint density at radius 1 is 0.833 bits per heavy atom. The number of para-hydroxylation sites is 1. The number of nitro benzene ring substituents is 1. The zero-order valence-corrected chi connectivity index (χ0v) is 19.2. The highest BCUT2D eigenvalue weighted by Crippen LogP contribution is 2.28. The van der Waals surface area contributed by atoms with E-state index in [0.717, 1.165) is 16.5 Å². The van der Waals surface area contributed by atoms with Crippen LogP contribution in [-0.4, -0.2) is 17.4 Å². The summed E-state index contributed by atoms with van der Waals surface area (Å²) in [5.41, 5.74) is 1.45. The molecule has 5 rings (SSSR count). The summed E-state index contributed by atoms with van der Waals surface area (Å²) in [6, 6.07) is 32.7. The molecule has 5 aromatic rings. The number of nitrogens with zero attached hydrogens (tertiary/aromatic N) is 2. The van der Waals surface area contributed by atoms with Crippen molar-refractivity contribution in [2.24, 2.45) is 0 Å². The number of ether oxygens (including phenoxy) is 1. The van der Waals surface area contributed by atoms with Crippen LogP contribution < -0.4 is 9.64 Å². The lowest BCUT2D eigenvalue weighted by molar-refractivity contribution is -0.384. The molecule has 7 nitrogen and oxygen atoms in total. The summed E-state index contributed by atoms with van der Waals surface area (Å²) in [4.78, 5) is 25.5. The molecule has 7 heteroatoms. The van der Waals surface area contributed by atoms with Gasteiger partial charge < -0.3 is 14.1 Å². The third-order valence-electron chi connectivity index (χ3n) is 5.79. The Labute approximate surface area is 207 Å². The van der Waals surface area contributed by atoms with E-state index in [-0.39, 0.29) is 24.7 Å². The van der Waals surface area contributed by atoms with Crippen LogP contribution in [0.4, 0.5) is 11.4 Å². The van der Waals surface area contributed by atoms with E-state index in [9.17, 15) is 14.9 Å². The summed E-state index contributed by atoms with van der Waals surface area (Å²) in [5, 5.41) is 13.0. The molecular formula is C29H22N2O5. The van der Waals surface area contributed by atoms with Crippen molar-refractivity contribution in [2.75, 3.05) is 11.5 Å². The third-order valence-corrected chi connectivity index (χ3v) is 5.79. The largest absolute Gasteiger partial charge is 0.484 e. The van der Waals surface area contributed by atoms with Gasteiger partial charge in [-0.2, -0.15) is 0 Å². The normalized spacial score (nSPS) is 10.8. The smallest absolute Gasteiger partial charge is 0.269 e. The van der Waals surface area contributed by atoms with Gasteiger partial charge in [0, 0.05) is 23.4 Å². The monoisotopic (exact) mass is 478 g/mol. The Morgan fingerprint density at radius 2 is 1.56 bits per heavy atom.